The minimum Gasteiger partial charge on any atom is -0.454 e. The Balaban J connectivity index is 1.81. The molecule has 1 atom stereocenters. The van der Waals surface area contributed by atoms with Gasteiger partial charge in [-0.15, -0.1) is 11.3 Å². The largest absolute Gasteiger partial charge is 0.454 e. The van der Waals surface area contributed by atoms with Crippen LogP contribution in [0.2, 0.25) is 0 Å². The molecule has 2 aromatic rings. The smallest absolute Gasteiger partial charge is 0.250 e. The van der Waals surface area contributed by atoms with Gasteiger partial charge < -0.3 is 9.47 Å². The summed E-state index contributed by atoms with van der Waals surface area (Å²) in [5.74, 6) is 1.31. The van der Waals surface area contributed by atoms with Crippen molar-refractivity contribution in [3.63, 3.8) is 0 Å². The number of ether oxygens (including phenoxy) is 2. The topological polar surface area (TPSA) is 64.6 Å². The Labute approximate surface area is 135 Å². The highest BCUT2D eigenvalue weighted by Gasteiger charge is 2.22. The van der Waals surface area contributed by atoms with Gasteiger partial charge in [-0.05, 0) is 52.7 Å². The van der Waals surface area contributed by atoms with Gasteiger partial charge in [0.1, 0.15) is 4.21 Å². The lowest BCUT2D eigenvalue weighted by Crippen LogP contribution is -2.26. The first-order valence-electron chi connectivity index (χ1n) is 6.13. The van der Waals surface area contributed by atoms with E-state index in [2.05, 4.69) is 20.7 Å². The highest BCUT2D eigenvalue weighted by Crippen LogP contribution is 2.34. The number of hydrogen-bond acceptors (Lipinski definition) is 5. The number of rotatable bonds is 4. The van der Waals surface area contributed by atoms with Crippen LogP contribution in [-0.4, -0.2) is 15.2 Å². The van der Waals surface area contributed by atoms with Crippen LogP contribution in [0.3, 0.4) is 0 Å². The summed E-state index contributed by atoms with van der Waals surface area (Å²) in [5.41, 5.74) is 0.818. The molecule has 8 heteroatoms. The highest BCUT2D eigenvalue weighted by molar-refractivity contribution is 9.11. The number of fused-ring (bicyclic) bond motifs is 1. The van der Waals surface area contributed by atoms with Gasteiger partial charge in [0.05, 0.1) is 3.79 Å². The fourth-order valence-electron chi connectivity index (χ4n) is 1.98. The van der Waals surface area contributed by atoms with Gasteiger partial charge in [0.15, 0.2) is 11.5 Å². The molecule has 1 aromatic heterocycles. The first kappa shape index (κ1) is 14.8. The summed E-state index contributed by atoms with van der Waals surface area (Å²) >= 11 is 4.44. The maximum Gasteiger partial charge on any atom is 0.250 e. The van der Waals surface area contributed by atoms with Crippen LogP contribution in [0, 0.1) is 0 Å². The molecule has 0 radical (unpaired) electrons. The average molecular weight is 390 g/mol. The van der Waals surface area contributed by atoms with Crippen LogP contribution in [0.15, 0.2) is 38.3 Å². The van der Waals surface area contributed by atoms with Crippen molar-refractivity contribution in [3.8, 4) is 11.5 Å². The molecule has 21 heavy (non-hydrogen) atoms. The second-order valence-corrected chi connectivity index (χ2v) is 8.92. The lowest BCUT2D eigenvalue weighted by molar-refractivity contribution is 0.174. The minimum atomic E-state index is -3.53. The number of nitrogens with one attached hydrogen (secondary N) is 1. The SMILES string of the molecule is C[C@@H](NS(=O)(=O)c1ccc(Br)s1)c1ccc2c(c1)OCO2. The summed E-state index contributed by atoms with van der Waals surface area (Å²) in [7, 11) is -3.53. The second-order valence-electron chi connectivity index (χ2n) is 4.51. The van der Waals surface area contributed by atoms with Crippen molar-refractivity contribution >= 4 is 37.3 Å². The van der Waals surface area contributed by atoms with E-state index in [9.17, 15) is 8.42 Å². The molecular formula is C13H12BrNO4S2. The fraction of sp³-hybridized carbons (Fsp3) is 0.231. The van der Waals surface area contributed by atoms with Crippen LogP contribution in [0.4, 0.5) is 0 Å². The first-order valence-corrected chi connectivity index (χ1v) is 9.22. The molecule has 3 rings (SSSR count). The number of benzene rings is 1. The van der Waals surface area contributed by atoms with E-state index in [1.165, 1.54) is 11.3 Å². The Morgan fingerprint density at radius 2 is 2.00 bits per heavy atom. The zero-order valence-corrected chi connectivity index (χ0v) is 14.2. The molecule has 2 heterocycles. The van der Waals surface area contributed by atoms with Gasteiger partial charge >= 0.3 is 0 Å². The molecule has 1 N–H and O–H groups in total. The molecule has 0 bridgehead atoms. The monoisotopic (exact) mass is 389 g/mol. The van der Waals surface area contributed by atoms with Crippen LogP contribution in [0.5, 0.6) is 11.5 Å². The molecule has 0 saturated heterocycles. The van der Waals surface area contributed by atoms with Crippen LogP contribution in [0.1, 0.15) is 18.5 Å². The minimum absolute atomic E-state index is 0.197. The summed E-state index contributed by atoms with van der Waals surface area (Å²) in [5, 5.41) is 0. The lowest BCUT2D eigenvalue weighted by atomic mass is 10.1. The Morgan fingerprint density at radius 3 is 2.71 bits per heavy atom. The van der Waals surface area contributed by atoms with Gasteiger partial charge in [0.2, 0.25) is 6.79 Å². The molecule has 0 fully saturated rings. The van der Waals surface area contributed by atoms with Crippen molar-refractivity contribution in [1.29, 1.82) is 0 Å². The van der Waals surface area contributed by atoms with E-state index in [-0.39, 0.29) is 17.0 Å². The van der Waals surface area contributed by atoms with E-state index in [0.717, 1.165) is 9.35 Å². The van der Waals surface area contributed by atoms with Gasteiger partial charge in [-0.25, -0.2) is 13.1 Å². The molecule has 1 aromatic carbocycles. The Hall–Kier alpha value is -1.09. The standard InChI is InChI=1S/C13H12BrNO4S2/c1-8(9-2-3-10-11(6-9)19-7-18-10)15-21(16,17)13-5-4-12(14)20-13/h2-6,8,15H,7H2,1H3/t8-/m1/s1. The third-order valence-electron chi connectivity index (χ3n) is 3.04. The van der Waals surface area contributed by atoms with E-state index in [0.29, 0.717) is 11.5 Å². The predicted octanol–water partition coefficient (Wildman–Crippen LogP) is 3.28. The Morgan fingerprint density at radius 1 is 1.24 bits per heavy atom. The quantitative estimate of drug-likeness (QED) is 0.871. The van der Waals surface area contributed by atoms with Crippen LogP contribution in [0.25, 0.3) is 0 Å². The van der Waals surface area contributed by atoms with E-state index in [1.807, 2.05) is 6.07 Å². The summed E-state index contributed by atoms with van der Waals surface area (Å²) in [6.45, 7) is 1.99. The average Bonchev–Trinajstić information content (AvgIpc) is 3.05. The summed E-state index contributed by atoms with van der Waals surface area (Å²) < 4.78 is 38.8. The molecule has 0 unspecified atom stereocenters. The van der Waals surface area contributed by atoms with E-state index >= 15 is 0 Å². The molecule has 5 nitrogen and oxygen atoms in total. The fourth-order valence-corrected chi connectivity index (χ4v) is 5.24. The zero-order valence-electron chi connectivity index (χ0n) is 11.0. The summed E-state index contributed by atoms with van der Waals surface area (Å²) in [4.78, 5) is 0. The van der Waals surface area contributed by atoms with Gasteiger partial charge in [0, 0.05) is 6.04 Å². The highest BCUT2D eigenvalue weighted by atomic mass is 79.9. The third kappa shape index (κ3) is 3.08. The van der Waals surface area contributed by atoms with Crippen molar-refractivity contribution in [1.82, 2.24) is 4.72 Å². The molecule has 0 amide bonds. The Bertz CT molecular complexity index is 772. The van der Waals surface area contributed by atoms with Gasteiger partial charge in [-0.2, -0.15) is 0 Å². The second kappa shape index (κ2) is 5.60. The van der Waals surface area contributed by atoms with Gasteiger partial charge in [0.25, 0.3) is 10.0 Å². The van der Waals surface area contributed by atoms with E-state index < -0.39 is 10.0 Å². The number of thiophene rings is 1. The molecule has 112 valence electrons. The van der Waals surface area contributed by atoms with Crippen molar-refractivity contribution in [3.05, 3.63) is 39.7 Å². The van der Waals surface area contributed by atoms with Gasteiger partial charge in [-0.1, -0.05) is 6.07 Å². The van der Waals surface area contributed by atoms with Crippen molar-refractivity contribution < 1.29 is 17.9 Å². The van der Waals surface area contributed by atoms with Crippen molar-refractivity contribution in [2.45, 2.75) is 17.2 Å². The summed E-state index contributed by atoms with van der Waals surface area (Å²) in [6.07, 6.45) is 0. The molecule has 0 saturated carbocycles. The number of halogens is 1. The maximum absolute atomic E-state index is 12.3. The number of hydrogen-bond donors (Lipinski definition) is 1. The first-order chi connectivity index (χ1) is 9.95. The molecule has 1 aliphatic heterocycles. The summed E-state index contributed by atoms with van der Waals surface area (Å²) in [6, 6.07) is 8.31. The normalized spacial score (nSPS) is 15.1. The maximum atomic E-state index is 12.3. The van der Waals surface area contributed by atoms with Crippen molar-refractivity contribution in [2.24, 2.45) is 0 Å². The van der Waals surface area contributed by atoms with E-state index in [1.54, 1.807) is 31.2 Å². The molecular weight excluding hydrogens is 378 g/mol. The molecule has 1 aliphatic rings. The molecule has 0 aliphatic carbocycles. The number of sulfonamides is 1. The predicted molar refractivity (Wildman–Crippen MR) is 83.3 cm³/mol. The van der Waals surface area contributed by atoms with Crippen molar-refractivity contribution in [2.75, 3.05) is 6.79 Å². The molecule has 0 spiro atoms. The van der Waals surface area contributed by atoms with E-state index in [4.69, 9.17) is 9.47 Å². The Kier molecular flexibility index (Phi) is 3.96. The third-order valence-corrected chi connectivity index (χ3v) is 6.70. The van der Waals surface area contributed by atoms with Crippen LogP contribution < -0.4 is 14.2 Å². The van der Waals surface area contributed by atoms with Gasteiger partial charge in [-0.3, -0.25) is 0 Å². The zero-order chi connectivity index (χ0) is 15.0. The van der Waals surface area contributed by atoms with Crippen LogP contribution >= 0.6 is 27.3 Å². The lowest BCUT2D eigenvalue weighted by Gasteiger charge is -2.14. The van der Waals surface area contributed by atoms with Crippen LogP contribution in [-0.2, 0) is 10.0 Å².